The summed E-state index contributed by atoms with van der Waals surface area (Å²) in [6, 6.07) is 5.65. The molecule has 0 unspecified atom stereocenters. The molecule has 3 rings (SSSR count). The summed E-state index contributed by atoms with van der Waals surface area (Å²) in [7, 11) is 0. The summed E-state index contributed by atoms with van der Waals surface area (Å²) in [6.45, 7) is 6.68. The number of fused-ring (bicyclic) bond motifs is 1. The van der Waals surface area contributed by atoms with Gasteiger partial charge >= 0.3 is 0 Å². The van der Waals surface area contributed by atoms with Crippen molar-refractivity contribution in [3.8, 4) is 0 Å². The average molecular weight is 326 g/mol. The van der Waals surface area contributed by atoms with E-state index in [2.05, 4.69) is 15.3 Å². The number of rotatable bonds is 2. The molecule has 1 aromatic heterocycles. The fourth-order valence-corrected chi connectivity index (χ4v) is 3.06. The molecule has 2 heterocycles. The molecule has 2 amide bonds. The normalized spacial score (nSPS) is 15.5. The SMILES string of the molecule is CC(=O)NC1CCN(C(=O)c2ccc3nc(C)c(C)nc3c2)CC1. The number of nitrogens with one attached hydrogen (secondary N) is 1. The molecule has 1 N–H and O–H groups in total. The van der Waals surface area contributed by atoms with Crippen LogP contribution < -0.4 is 5.32 Å². The van der Waals surface area contributed by atoms with E-state index in [1.165, 1.54) is 6.92 Å². The molecule has 0 aliphatic carbocycles. The molecule has 1 saturated heterocycles. The lowest BCUT2D eigenvalue weighted by Gasteiger charge is -2.32. The van der Waals surface area contributed by atoms with Gasteiger partial charge in [-0.3, -0.25) is 9.59 Å². The Labute approximate surface area is 141 Å². The Morgan fingerprint density at radius 2 is 1.71 bits per heavy atom. The zero-order valence-corrected chi connectivity index (χ0v) is 14.3. The summed E-state index contributed by atoms with van der Waals surface area (Å²) in [6.07, 6.45) is 1.58. The first-order chi connectivity index (χ1) is 11.4. The molecule has 1 aromatic carbocycles. The first-order valence-electron chi connectivity index (χ1n) is 8.25. The fourth-order valence-electron chi connectivity index (χ4n) is 3.06. The van der Waals surface area contributed by atoms with Crippen LogP contribution in [0.5, 0.6) is 0 Å². The highest BCUT2D eigenvalue weighted by atomic mass is 16.2. The Bertz CT molecular complexity index is 795. The largest absolute Gasteiger partial charge is 0.353 e. The van der Waals surface area contributed by atoms with Gasteiger partial charge in [-0.05, 0) is 44.9 Å². The zero-order chi connectivity index (χ0) is 17.3. The summed E-state index contributed by atoms with van der Waals surface area (Å²) in [4.78, 5) is 34.7. The molecule has 0 saturated carbocycles. The lowest BCUT2D eigenvalue weighted by molar-refractivity contribution is -0.119. The predicted octanol–water partition coefficient (Wildman–Crippen LogP) is 1.99. The minimum absolute atomic E-state index is 0.0122. The second-order valence-electron chi connectivity index (χ2n) is 6.36. The van der Waals surface area contributed by atoms with Gasteiger partial charge in [0.1, 0.15) is 0 Å². The number of benzene rings is 1. The van der Waals surface area contributed by atoms with Crippen molar-refractivity contribution in [3.63, 3.8) is 0 Å². The van der Waals surface area contributed by atoms with E-state index in [0.717, 1.165) is 35.3 Å². The number of hydrogen-bond acceptors (Lipinski definition) is 4. The van der Waals surface area contributed by atoms with E-state index in [-0.39, 0.29) is 17.9 Å². The summed E-state index contributed by atoms with van der Waals surface area (Å²) in [5.74, 6) is -0.00301. The van der Waals surface area contributed by atoms with E-state index in [1.807, 2.05) is 36.9 Å². The number of nitrogens with zero attached hydrogens (tertiary/aromatic N) is 3. The van der Waals surface area contributed by atoms with E-state index in [1.54, 1.807) is 0 Å². The smallest absolute Gasteiger partial charge is 0.253 e. The summed E-state index contributed by atoms with van der Waals surface area (Å²) in [5.41, 5.74) is 3.97. The molecule has 0 atom stereocenters. The molecule has 2 aromatic rings. The molecular formula is C18H22N4O2. The van der Waals surface area contributed by atoms with Gasteiger partial charge in [0.05, 0.1) is 22.4 Å². The average Bonchev–Trinajstić information content (AvgIpc) is 2.55. The van der Waals surface area contributed by atoms with Gasteiger partial charge in [0, 0.05) is 31.6 Å². The van der Waals surface area contributed by atoms with Gasteiger partial charge < -0.3 is 10.2 Å². The van der Waals surface area contributed by atoms with Crippen LogP contribution >= 0.6 is 0 Å². The molecule has 6 heteroatoms. The standard InChI is InChI=1S/C18H22N4O2/c1-11-12(2)20-17-10-14(4-5-16(17)19-11)18(24)22-8-6-15(7-9-22)21-13(3)23/h4-5,10,15H,6-9H2,1-3H3,(H,21,23). The van der Waals surface area contributed by atoms with Gasteiger partial charge in [-0.15, -0.1) is 0 Å². The first kappa shape index (κ1) is 16.4. The predicted molar refractivity (Wildman–Crippen MR) is 91.8 cm³/mol. The summed E-state index contributed by atoms with van der Waals surface area (Å²) >= 11 is 0. The summed E-state index contributed by atoms with van der Waals surface area (Å²) in [5, 5.41) is 2.92. The maximum absolute atomic E-state index is 12.7. The van der Waals surface area contributed by atoms with Gasteiger partial charge in [-0.1, -0.05) is 0 Å². The Balaban J connectivity index is 1.75. The quantitative estimate of drug-likeness (QED) is 0.916. The van der Waals surface area contributed by atoms with E-state index >= 15 is 0 Å². The van der Waals surface area contributed by atoms with Crippen LogP contribution in [0.1, 0.15) is 41.5 Å². The van der Waals surface area contributed by atoms with E-state index in [0.29, 0.717) is 18.7 Å². The van der Waals surface area contributed by atoms with Gasteiger partial charge in [0.25, 0.3) is 5.91 Å². The Morgan fingerprint density at radius 3 is 2.33 bits per heavy atom. The van der Waals surface area contributed by atoms with Crippen LogP contribution in [0.25, 0.3) is 11.0 Å². The third-order valence-corrected chi connectivity index (χ3v) is 4.51. The third-order valence-electron chi connectivity index (χ3n) is 4.51. The number of carbonyl (C=O) groups is 2. The summed E-state index contributed by atoms with van der Waals surface area (Å²) < 4.78 is 0. The molecule has 0 spiro atoms. The van der Waals surface area contributed by atoms with Crippen LogP contribution in [0.15, 0.2) is 18.2 Å². The van der Waals surface area contributed by atoms with E-state index in [9.17, 15) is 9.59 Å². The fraction of sp³-hybridized carbons (Fsp3) is 0.444. The van der Waals surface area contributed by atoms with Gasteiger partial charge in [0.15, 0.2) is 0 Å². The number of amides is 2. The van der Waals surface area contributed by atoms with Crippen LogP contribution in [-0.2, 0) is 4.79 Å². The highest BCUT2D eigenvalue weighted by Crippen LogP contribution is 2.18. The molecular weight excluding hydrogens is 304 g/mol. The second kappa shape index (κ2) is 6.55. The van der Waals surface area contributed by atoms with Crippen LogP contribution in [0.2, 0.25) is 0 Å². The van der Waals surface area contributed by atoms with Gasteiger partial charge in [-0.2, -0.15) is 0 Å². The minimum Gasteiger partial charge on any atom is -0.353 e. The van der Waals surface area contributed by atoms with Crippen LogP contribution in [0.4, 0.5) is 0 Å². The number of piperidine rings is 1. The van der Waals surface area contributed by atoms with Crippen molar-refractivity contribution in [2.45, 2.75) is 39.7 Å². The third kappa shape index (κ3) is 3.37. The van der Waals surface area contributed by atoms with Crippen molar-refractivity contribution in [3.05, 3.63) is 35.2 Å². The maximum Gasteiger partial charge on any atom is 0.253 e. The maximum atomic E-state index is 12.7. The van der Waals surface area contributed by atoms with Gasteiger partial charge in [0.2, 0.25) is 5.91 Å². The minimum atomic E-state index is -0.0152. The monoisotopic (exact) mass is 326 g/mol. The van der Waals surface area contributed by atoms with Crippen molar-refractivity contribution in [1.82, 2.24) is 20.2 Å². The Morgan fingerprint density at radius 1 is 1.08 bits per heavy atom. The molecule has 6 nitrogen and oxygen atoms in total. The van der Waals surface area contributed by atoms with Crippen molar-refractivity contribution in [2.75, 3.05) is 13.1 Å². The molecule has 1 aliphatic rings. The van der Waals surface area contributed by atoms with Crippen molar-refractivity contribution >= 4 is 22.8 Å². The van der Waals surface area contributed by atoms with Gasteiger partial charge in [-0.25, -0.2) is 9.97 Å². The molecule has 0 bridgehead atoms. The number of hydrogen-bond donors (Lipinski definition) is 1. The molecule has 1 fully saturated rings. The van der Waals surface area contributed by atoms with Crippen molar-refractivity contribution < 1.29 is 9.59 Å². The topological polar surface area (TPSA) is 75.2 Å². The number of aryl methyl sites for hydroxylation is 2. The highest BCUT2D eigenvalue weighted by molar-refractivity contribution is 5.97. The van der Waals surface area contributed by atoms with Crippen LogP contribution in [0, 0.1) is 13.8 Å². The van der Waals surface area contributed by atoms with E-state index < -0.39 is 0 Å². The second-order valence-corrected chi connectivity index (χ2v) is 6.36. The number of aromatic nitrogens is 2. The highest BCUT2D eigenvalue weighted by Gasteiger charge is 2.24. The molecule has 24 heavy (non-hydrogen) atoms. The van der Waals surface area contributed by atoms with Crippen LogP contribution in [0.3, 0.4) is 0 Å². The Kier molecular flexibility index (Phi) is 4.46. The van der Waals surface area contributed by atoms with Crippen LogP contribution in [-0.4, -0.2) is 45.8 Å². The molecule has 0 radical (unpaired) electrons. The number of likely N-dealkylation sites (tertiary alicyclic amines) is 1. The lowest BCUT2D eigenvalue weighted by Crippen LogP contribution is -2.46. The first-order valence-corrected chi connectivity index (χ1v) is 8.25. The van der Waals surface area contributed by atoms with E-state index in [4.69, 9.17) is 0 Å². The molecule has 1 aliphatic heterocycles. The molecule has 126 valence electrons. The Hall–Kier alpha value is -2.50. The zero-order valence-electron chi connectivity index (χ0n) is 14.3. The van der Waals surface area contributed by atoms with Crippen molar-refractivity contribution in [1.29, 1.82) is 0 Å². The lowest BCUT2D eigenvalue weighted by atomic mass is 10.0. The number of carbonyl (C=O) groups excluding carboxylic acids is 2. The van der Waals surface area contributed by atoms with Crippen molar-refractivity contribution in [2.24, 2.45) is 0 Å².